The topological polar surface area (TPSA) is 52.6 Å². The van der Waals surface area contributed by atoms with Crippen molar-refractivity contribution in [1.29, 1.82) is 0 Å². The summed E-state index contributed by atoms with van der Waals surface area (Å²) in [5.74, 6) is 0.0720. The molecule has 1 aliphatic rings. The third-order valence-electron chi connectivity index (χ3n) is 4.46. The Labute approximate surface area is 133 Å². The molecule has 1 amide bonds. The van der Waals surface area contributed by atoms with Gasteiger partial charge in [0, 0.05) is 25.2 Å². The SMILES string of the molecule is CC(C)C(O)CC(=O)NC1CC(C)N(Cc2ccccc2)C1. The lowest BCUT2D eigenvalue weighted by Gasteiger charge is -2.21. The molecule has 1 aliphatic heterocycles. The Hall–Kier alpha value is -1.39. The van der Waals surface area contributed by atoms with Gasteiger partial charge in [-0.05, 0) is 24.8 Å². The summed E-state index contributed by atoms with van der Waals surface area (Å²) in [4.78, 5) is 14.4. The van der Waals surface area contributed by atoms with Gasteiger partial charge in [-0.2, -0.15) is 0 Å². The number of rotatable bonds is 6. The summed E-state index contributed by atoms with van der Waals surface area (Å²) in [7, 11) is 0. The lowest BCUT2D eigenvalue weighted by Crippen LogP contribution is -2.39. The number of benzene rings is 1. The van der Waals surface area contributed by atoms with Crippen LogP contribution in [0.25, 0.3) is 0 Å². The van der Waals surface area contributed by atoms with Crippen molar-refractivity contribution in [1.82, 2.24) is 10.2 Å². The lowest BCUT2D eigenvalue weighted by atomic mass is 10.0. The van der Waals surface area contributed by atoms with Gasteiger partial charge in [-0.1, -0.05) is 44.2 Å². The van der Waals surface area contributed by atoms with Gasteiger partial charge in [-0.3, -0.25) is 9.69 Å². The number of nitrogens with zero attached hydrogens (tertiary/aromatic N) is 1. The van der Waals surface area contributed by atoms with Crippen LogP contribution in [0.5, 0.6) is 0 Å². The molecule has 0 bridgehead atoms. The molecule has 22 heavy (non-hydrogen) atoms. The molecule has 1 aromatic rings. The first-order valence-corrected chi connectivity index (χ1v) is 8.21. The zero-order valence-corrected chi connectivity index (χ0v) is 13.8. The molecule has 0 saturated carbocycles. The van der Waals surface area contributed by atoms with Gasteiger partial charge >= 0.3 is 0 Å². The fourth-order valence-electron chi connectivity index (χ4n) is 2.95. The average Bonchev–Trinajstić information content (AvgIpc) is 2.79. The quantitative estimate of drug-likeness (QED) is 0.847. The largest absolute Gasteiger partial charge is 0.392 e. The van der Waals surface area contributed by atoms with Crippen LogP contribution in [0.15, 0.2) is 30.3 Å². The van der Waals surface area contributed by atoms with Gasteiger partial charge in [-0.25, -0.2) is 0 Å². The molecule has 0 aliphatic carbocycles. The normalized spacial score (nSPS) is 23.7. The highest BCUT2D eigenvalue weighted by Gasteiger charge is 2.30. The number of nitrogens with one attached hydrogen (secondary N) is 1. The van der Waals surface area contributed by atoms with Crippen molar-refractivity contribution in [2.45, 2.75) is 58.3 Å². The standard InChI is InChI=1S/C18H28N2O2/c1-13(2)17(21)10-18(22)19-16-9-14(3)20(12-16)11-15-7-5-4-6-8-15/h4-8,13-14,16-17,21H,9-12H2,1-3H3,(H,19,22). The van der Waals surface area contributed by atoms with Gasteiger partial charge < -0.3 is 10.4 Å². The second kappa shape index (κ2) is 7.75. The Morgan fingerprint density at radius 2 is 2.05 bits per heavy atom. The molecule has 3 atom stereocenters. The molecule has 0 radical (unpaired) electrons. The van der Waals surface area contributed by atoms with E-state index >= 15 is 0 Å². The predicted octanol–water partition coefficient (Wildman–Crippen LogP) is 2.17. The number of hydrogen-bond donors (Lipinski definition) is 2. The summed E-state index contributed by atoms with van der Waals surface area (Å²) in [6.07, 6.45) is 0.608. The first kappa shape index (κ1) is 17.0. The Bertz CT molecular complexity index is 475. The summed E-state index contributed by atoms with van der Waals surface area (Å²) in [6, 6.07) is 11.1. The van der Waals surface area contributed by atoms with E-state index in [1.807, 2.05) is 19.9 Å². The van der Waals surface area contributed by atoms with Crippen molar-refractivity contribution in [3.05, 3.63) is 35.9 Å². The Morgan fingerprint density at radius 1 is 1.36 bits per heavy atom. The van der Waals surface area contributed by atoms with E-state index in [4.69, 9.17) is 0 Å². The van der Waals surface area contributed by atoms with E-state index in [1.165, 1.54) is 5.56 Å². The van der Waals surface area contributed by atoms with Crippen LogP contribution in [-0.2, 0) is 11.3 Å². The number of carbonyl (C=O) groups is 1. The highest BCUT2D eigenvalue weighted by Crippen LogP contribution is 2.20. The Balaban J connectivity index is 1.82. The van der Waals surface area contributed by atoms with Crippen molar-refractivity contribution in [2.24, 2.45) is 5.92 Å². The Morgan fingerprint density at radius 3 is 2.68 bits per heavy atom. The second-order valence-corrected chi connectivity index (χ2v) is 6.78. The molecule has 1 heterocycles. The predicted molar refractivity (Wildman–Crippen MR) is 88.3 cm³/mol. The van der Waals surface area contributed by atoms with Gasteiger partial charge in [0.15, 0.2) is 0 Å². The van der Waals surface area contributed by atoms with Crippen LogP contribution >= 0.6 is 0 Å². The lowest BCUT2D eigenvalue weighted by molar-refractivity contribution is -0.124. The molecule has 122 valence electrons. The number of amides is 1. The molecule has 0 aromatic heterocycles. The van der Waals surface area contributed by atoms with Crippen LogP contribution in [0.2, 0.25) is 0 Å². The number of aliphatic hydroxyl groups is 1. The monoisotopic (exact) mass is 304 g/mol. The zero-order chi connectivity index (χ0) is 16.1. The fourth-order valence-corrected chi connectivity index (χ4v) is 2.95. The van der Waals surface area contributed by atoms with Crippen molar-refractivity contribution >= 4 is 5.91 Å². The smallest absolute Gasteiger partial charge is 0.222 e. The van der Waals surface area contributed by atoms with Crippen molar-refractivity contribution < 1.29 is 9.90 Å². The van der Waals surface area contributed by atoms with Crippen LogP contribution in [0.4, 0.5) is 0 Å². The third-order valence-corrected chi connectivity index (χ3v) is 4.46. The highest BCUT2D eigenvalue weighted by atomic mass is 16.3. The summed E-state index contributed by atoms with van der Waals surface area (Å²) in [5, 5.41) is 12.9. The minimum absolute atomic E-state index is 0.0417. The van der Waals surface area contributed by atoms with E-state index in [2.05, 4.69) is 41.4 Å². The van der Waals surface area contributed by atoms with E-state index in [1.54, 1.807) is 0 Å². The summed E-state index contributed by atoms with van der Waals surface area (Å²) < 4.78 is 0. The van der Waals surface area contributed by atoms with E-state index in [9.17, 15) is 9.90 Å². The molecule has 1 aromatic carbocycles. The van der Waals surface area contributed by atoms with Gasteiger partial charge in [0.05, 0.1) is 12.5 Å². The summed E-state index contributed by atoms with van der Waals surface area (Å²) >= 11 is 0. The van der Waals surface area contributed by atoms with Gasteiger partial charge in [-0.15, -0.1) is 0 Å². The first-order chi connectivity index (χ1) is 10.5. The molecule has 1 fully saturated rings. The van der Waals surface area contributed by atoms with Crippen LogP contribution < -0.4 is 5.32 Å². The molecule has 2 N–H and O–H groups in total. The number of hydrogen-bond acceptors (Lipinski definition) is 3. The molecular formula is C18H28N2O2. The molecule has 3 unspecified atom stereocenters. The van der Waals surface area contributed by atoms with Gasteiger partial charge in [0.2, 0.25) is 5.91 Å². The van der Waals surface area contributed by atoms with Crippen molar-refractivity contribution in [3.8, 4) is 0 Å². The van der Waals surface area contributed by atoms with Crippen molar-refractivity contribution in [2.75, 3.05) is 6.54 Å². The molecule has 1 saturated heterocycles. The van der Waals surface area contributed by atoms with Gasteiger partial charge in [0.25, 0.3) is 0 Å². The molecular weight excluding hydrogens is 276 g/mol. The van der Waals surface area contributed by atoms with Crippen LogP contribution in [0, 0.1) is 5.92 Å². The minimum atomic E-state index is -0.556. The minimum Gasteiger partial charge on any atom is -0.392 e. The summed E-state index contributed by atoms with van der Waals surface area (Å²) in [6.45, 7) is 7.86. The van der Waals surface area contributed by atoms with Crippen LogP contribution in [0.3, 0.4) is 0 Å². The van der Waals surface area contributed by atoms with Gasteiger partial charge in [0.1, 0.15) is 0 Å². The molecule has 4 nitrogen and oxygen atoms in total. The van der Waals surface area contributed by atoms with Crippen molar-refractivity contribution in [3.63, 3.8) is 0 Å². The zero-order valence-electron chi connectivity index (χ0n) is 13.8. The maximum absolute atomic E-state index is 12.0. The molecule has 0 spiro atoms. The molecule has 4 heteroatoms. The fraction of sp³-hybridized carbons (Fsp3) is 0.611. The number of likely N-dealkylation sites (tertiary alicyclic amines) is 1. The van der Waals surface area contributed by atoms with Crippen LogP contribution in [0.1, 0.15) is 39.2 Å². The number of carbonyl (C=O) groups excluding carboxylic acids is 1. The van der Waals surface area contributed by atoms with E-state index in [-0.39, 0.29) is 24.3 Å². The van der Waals surface area contributed by atoms with E-state index < -0.39 is 6.10 Å². The van der Waals surface area contributed by atoms with E-state index in [0.29, 0.717) is 6.04 Å². The maximum atomic E-state index is 12.0. The third kappa shape index (κ3) is 4.82. The maximum Gasteiger partial charge on any atom is 0.222 e. The molecule has 2 rings (SSSR count). The average molecular weight is 304 g/mol. The first-order valence-electron chi connectivity index (χ1n) is 8.21. The number of aliphatic hydroxyl groups excluding tert-OH is 1. The Kier molecular flexibility index (Phi) is 5.98. The van der Waals surface area contributed by atoms with E-state index in [0.717, 1.165) is 19.5 Å². The highest BCUT2D eigenvalue weighted by molar-refractivity contribution is 5.76. The summed E-state index contributed by atoms with van der Waals surface area (Å²) in [5.41, 5.74) is 1.30. The second-order valence-electron chi connectivity index (χ2n) is 6.78. The van der Waals surface area contributed by atoms with Crippen LogP contribution in [-0.4, -0.2) is 40.6 Å².